The summed E-state index contributed by atoms with van der Waals surface area (Å²) in [6.07, 6.45) is -1.31. The van der Waals surface area contributed by atoms with Crippen LogP contribution in [0.4, 0.5) is 0 Å². The van der Waals surface area contributed by atoms with Gasteiger partial charge in [0.1, 0.15) is 6.10 Å². The van der Waals surface area contributed by atoms with Crippen molar-refractivity contribution in [1.82, 2.24) is 16.0 Å². The topological polar surface area (TPSA) is 188 Å². The first-order chi connectivity index (χ1) is 15.0. The Morgan fingerprint density at radius 3 is 1.69 bits per heavy atom. The van der Waals surface area contributed by atoms with Gasteiger partial charge in [-0.25, -0.2) is 0 Å². The summed E-state index contributed by atoms with van der Waals surface area (Å²) < 4.78 is 0.547. The number of amides is 3. The van der Waals surface area contributed by atoms with Gasteiger partial charge in [0.2, 0.25) is 0 Å². The maximum Gasteiger partial charge on any atom is 0.253 e. The molecule has 182 valence electrons. The second-order valence-electron chi connectivity index (χ2n) is 6.33. The van der Waals surface area contributed by atoms with Gasteiger partial charge >= 0.3 is 0 Å². The van der Waals surface area contributed by atoms with Gasteiger partial charge in [0, 0.05) is 22.9 Å². The third-order valence-corrected chi connectivity index (χ3v) is 6.95. The van der Waals surface area contributed by atoms with E-state index in [9.17, 15) is 29.7 Å². The largest absolute Gasteiger partial charge is 0.394 e. The van der Waals surface area contributed by atoms with Gasteiger partial charge in [-0.2, -0.15) is 0 Å². The third kappa shape index (κ3) is 9.85. The van der Waals surface area contributed by atoms with Crippen molar-refractivity contribution in [3.05, 3.63) is 30.6 Å². The number of hydrogen-bond donors (Lipinski definition) is 8. The number of hydrogen-bond acceptors (Lipinski definition) is 8. The summed E-state index contributed by atoms with van der Waals surface area (Å²) in [5.74, 6) is -2.20. The lowest BCUT2D eigenvalue weighted by molar-refractivity contribution is -0.127. The highest BCUT2D eigenvalue weighted by molar-refractivity contribution is 14.1. The smallest absolute Gasteiger partial charge is 0.253 e. The predicted octanol–water partition coefficient (Wildman–Crippen LogP) is -1.25. The zero-order valence-corrected chi connectivity index (χ0v) is 23.5. The van der Waals surface area contributed by atoms with E-state index in [4.69, 9.17) is 10.2 Å². The molecule has 0 heterocycles. The molecule has 11 nitrogen and oxygen atoms in total. The third-order valence-electron chi connectivity index (χ3n) is 3.81. The van der Waals surface area contributed by atoms with Crippen LogP contribution in [-0.4, -0.2) is 92.3 Å². The summed E-state index contributed by atoms with van der Waals surface area (Å²) in [4.78, 5) is 37.5. The molecule has 1 atom stereocenters. The molecule has 0 bridgehead atoms. The average molecular weight is 793 g/mol. The molecule has 0 aliphatic heterocycles. The highest BCUT2D eigenvalue weighted by Crippen LogP contribution is 2.32. The molecular formula is C18H26I3N3O8. The van der Waals surface area contributed by atoms with Crippen molar-refractivity contribution in [2.75, 3.05) is 30.9 Å². The van der Waals surface area contributed by atoms with E-state index in [1.165, 1.54) is 6.92 Å². The van der Waals surface area contributed by atoms with E-state index in [2.05, 4.69) is 22.5 Å². The van der Waals surface area contributed by atoms with Crippen LogP contribution < -0.4 is 16.0 Å². The van der Waals surface area contributed by atoms with Gasteiger partial charge in [0.25, 0.3) is 17.7 Å². The van der Waals surface area contributed by atoms with Crippen LogP contribution >= 0.6 is 67.8 Å². The Kier molecular flexibility index (Phi) is 16.1. The first-order valence-electron chi connectivity index (χ1n) is 9.06. The number of aliphatic hydroxyl groups excluding tert-OH is 5. The molecule has 0 radical (unpaired) electrons. The van der Waals surface area contributed by atoms with Crippen molar-refractivity contribution in [1.29, 1.82) is 0 Å². The fourth-order valence-corrected chi connectivity index (χ4v) is 5.34. The number of alkyl halides is 1. The van der Waals surface area contributed by atoms with Crippen LogP contribution in [0.2, 0.25) is 0 Å². The molecule has 0 fully saturated rings. The molecule has 3 amide bonds. The Morgan fingerprint density at radius 1 is 0.875 bits per heavy atom. The van der Waals surface area contributed by atoms with Crippen LogP contribution in [0, 0.1) is 0 Å². The molecule has 0 saturated carbocycles. The zero-order valence-electron chi connectivity index (χ0n) is 17.1. The number of nitrogens with one attached hydrogen (secondary N) is 3. The maximum absolute atomic E-state index is 13.0. The van der Waals surface area contributed by atoms with Crippen molar-refractivity contribution in [2.24, 2.45) is 0 Å². The van der Waals surface area contributed by atoms with Crippen molar-refractivity contribution in [3.63, 3.8) is 0 Å². The summed E-state index contributed by atoms with van der Waals surface area (Å²) in [6, 6.07) is -1.91. The second-order valence-corrected chi connectivity index (χ2v) is 9.25. The molecule has 0 aromatic rings. The minimum atomic E-state index is -1.31. The van der Waals surface area contributed by atoms with Crippen LogP contribution in [0.1, 0.15) is 6.92 Å². The summed E-state index contributed by atoms with van der Waals surface area (Å²) in [7, 11) is 0. The number of allylic oxidation sites excluding steroid dienone is 1. The number of halogens is 3. The quantitative estimate of drug-likeness (QED) is 0.0492. The minimum absolute atomic E-state index is 0.0691. The zero-order chi connectivity index (χ0) is 25.0. The molecule has 0 aliphatic carbocycles. The van der Waals surface area contributed by atoms with E-state index >= 15 is 0 Å². The van der Waals surface area contributed by atoms with Crippen molar-refractivity contribution < 1.29 is 39.9 Å². The van der Waals surface area contributed by atoms with Crippen LogP contribution in [0.15, 0.2) is 30.6 Å². The van der Waals surface area contributed by atoms with E-state index in [-0.39, 0.29) is 28.4 Å². The summed E-state index contributed by atoms with van der Waals surface area (Å²) in [5, 5.41) is 53.7. The van der Waals surface area contributed by atoms with Gasteiger partial charge in [-0.3, -0.25) is 14.4 Å². The highest BCUT2D eigenvalue weighted by atomic mass is 127. The Labute approximate surface area is 226 Å². The minimum Gasteiger partial charge on any atom is -0.394 e. The molecule has 14 heteroatoms. The van der Waals surface area contributed by atoms with E-state index in [1.807, 2.05) is 22.6 Å². The van der Waals surface area contributed by atoms with Crippen LogP contribution in [0.25, 0.3) is 0 Å². The molecule has 0 aromatic heterocycles. The fourth-order valence-electron chi connectivity index (χ4n) is 1.93. The first kappa shape index (κ1) is 31.6. The first-order valence-corrected chi connectivity index (χ1v) is 12.7. The number of aliphatic hydroxyl groups is 5. The molecular weight excluding hydrogens is 767 g/mol. The average Bonchev–Trinajstić information content (AvgIpc) is 2.77. The Balaban J connectivity index is 6.44. The maximum atomic E-state index is 13.0. The van der Waals surface area contributed by atoms with E-state index in [0.29, 0.717) is 0 Å². The van der Waals surface area contributed by atoms with Crippen LogP contribution in [-0.2, 0) is 14.4 Å². The lowest BCUT2D eigenvalue weighted by Gasteiger charge is -2.20. The summed E-state index contributed by atoms with van der Waals surface area (Å²) >= 11 is 5.46. The van der Waals surface area contributed by atoms with Crippen molar-refractivity contribution in [3.8, 4) is 0 Å². The van der Waals surface area contributed by atoms with Gasteiger partial charge in [0.05, 0.1) is 44.1 Å². The molecule has 0 aliphatic rings. The van der Waals surface area contributed by atoms with Crippen LogP contribution in [0.3, 0.4) is 0 Å². The van der Waals surface area contributed by atoms with Crippen LogP contribution in [0.5, 0.6) is 0 Å². The van der Waals surface area contributed by atoms with Gasteiger partial charge in [-0.1, -0.05) is 29.2 Å². The molecule has 0 rings (SSSR count). The van der Waals surface area contributed by atoms with Gasteiger partial charge in [0.15, 0.2) is 0 Å². The monoisotopic (exact) mass is 793 g/mol. The second kappa shape index (κ2) is 16.3. The lowest BCUT2D eigenvalue weighted by Crippen LogP contribution is -2.42. The molecule has 1 unspecified atom stereocenters. The number of carbonyl (C=O) groups is 3. The Bertz CT molecular complexity index is 763. The lowest BCUT2D eigenvalue weighted by atomic mass is 10.1. The van der Waals surface area contributed by atoms with Crippen molar-refractivity contribution in [2.45, 2.75) is 25.1 Å². The molecule has 0 spiro atoms. The van der Waals surface area contributed by atoms with E-state index in [0.717, 1.165) is 0 Å². The predicted molar refractivity (Wildman–Crippen MR) is 142 cm³/mol. The fraction of sp³-hybridized carbons (Fsp3) is 0.500. The van der Waals surface area contributed by atoms with Crippen molar-refractivity contribution >= 4 is 85.5 Å². The SMILES string of the molecule is C=C(C(=O)NC(CO)CO)/C(I)=C(C(=O)NC(CO)CO)\C(I)=C(/CI)NC(=O)C(C)O. The number of rotatable bonds is 13. The molecule has 0 aromatic carbocycles. The number of carbonyl (C=O) groups excluding carboxylic acids is 3. The molecule has 0 saturated heterocycles. The Hall–Kier alpha value is -0.380. The normalized spacial score (nSPS) is 13.8. The van der Waals surface area contributed by atoms with Gasteiger partial charge in [-0.05, 0) is 52.1 Å². The van der Waals surface area contributed by atoms with Gasteiger partial charge < -0.3 is 41.5 Å². The van der Waals surface area contributed by atoms with E-state index < -0.39 is 62.3 Å². The molecule has 8 N–H and O–H groups in total. The van der Waals surface area contributed by atoms with E-state index in [1.54, 1.807) is 45.2 Å². The molecule has 32 heavy (non-hydrogen) atoms. The standard InChI is InChI=1S/C18H26I3N3O8/c1-8(16(30)22-10(4-25)5-26)14(20)13(18(32)23-11(6-27)7-28)15(21)12(3-19)24-17(31)9(2)29/h9-11,25-29H,1,3-7H2,2H3,(H,22,30)(H,23,32)(H,24,31)/b14-13-,15-12-. The Morgan fingerprint density at radius 2 is 1.31 bits per heavy atom. The summed E-state index contributed by atoms with van der Waals surface area (Å²) in [5.41, 5.74) is 0.0501. The highest BCUT2D eigenvalue weighted by Gasteiger charge is 2.27. The van der Waals surface area contributed by atoms with Gasteiger partial charge in [-0.15, -0.1) is 0 Å². The summed E-state index contributed by atoms with van der Waals surface area (Å²) in [6.45, 7) is 2.85.